The highest BCUT2D eigenvalue weighted by atomic mass is 32.1. The van der Waals surface area contributed by atoms with Crippen molar-refractivity contribution in [1.29, 1.82) is 0 Å². The van der Waals surface area contributed by atoms with Crippen molar-refractivity contribution in [1.82, 2.24) is 4.98 Å². The number of aryl methyl sites for hydroxylation is 3. The first kappa shape index (κ1) is 25.7. The van der Waals surface area contributed by atoms with E-state index in [-0.39, 0.29) is 11.3 Å². The first-order valence-corrected chi connectivity index (χ1v) is 13.6. The molecule has 0 saturated carbocycles. The lowest BCUT2D eigenvalue weighted by molar-refractivity contribution is -0.132. The van der Waals surface area contributed by atoms with Crippen LogP contribution in [0.1, 0.15) is 54.1 Å². The van der Waals surface area contributed by atoms with Crippen LogP contribution in [0.5, 0.6) is 5.75 Å². The fraction of sp³-hybridized carbons (Fsp3) is 0.258. The fourth-order valence-electron chi connectivity index (χ4n) is 4.79. The smallest absolute Gasteiger partial charge is 0.301 e. The number of thiazole rings is 1. The zero-order chi connectivity index (χ0) is 27.0. The fourth-order valence-corrected chi connectivity index (χ4v) is 5.85. The molecule has 5 rings (SSSR count). The molecule has 1 aliphatic heterocycles. The monoisotopic (exact) mass is 526 g/mol. The van der Waals surface area contributed by atoms with Gasteiger partial charge in [0, 0.05) is 5.56 Å². The van der Waals surface area contributed by atoms with Gasteiger partial charge < -0.3 is 9.84 Å². The van der Waals surface area contributed by atoms with Gasteiger partial charge in [-0.3, -0.25) is 14.5 Å². The summed E-state index contributed by atoms with van der Waals surface area (Å²) in [5, 5.41) is 11.9. The second kappa shape index (κ2) is 10.4. The lowest BCUT2D eigenvalue weighted by atomic mass is 9.94. The second-order valence-electron chi connectivity index (χ2n) is 9.56. The summed E-state index contributed by atoms with van der Waals surface area (Å²) in [4.78, 5) is 33.2. The summed E-state index contributed by atoms with van der Waals surface area (Å²) in [6.07, 6.45) is 1.77. The van der Waals surface area contributed by atoms with Gasteiger partial charge in [0.05, 0.1) is 28.4 Å². The predicted octanol–water partition coefficient (Wildman–Crippen LogP) is 6.89. The van der Waals surface area contributed by atoms with Crippen molar-refractivity contribution < 1.29 is 19.4 Å². The Morgan fingerprint density at radius 1 is 1.05 bits per heavy atom. The standard InChI is InChI=1S/C31H30N2O4S/c1-5-14-37-24-13-11-22(16-19(24)4)28(34)26-27(21-9-7-8-18(3)15-21)33(30(36)29(26)35)31-32-23-12-10-20(6-2)17-25(23)38-31/h7-13,15-17,27,34H,5-6,14H2,1-4H3/b28-26+. The van der Waals surface area contributed by atoms with Gasteiger partial charge in [0.2, 0.25) is 0 Å². The lowest BCUT2D eigenvalue weighted by Crippen LogP contribution is -2.29. The Balaban J connectivity index is 1.67. The van der Waals surface area contributed by atoms with E-state index >= 15 is 0 Å². The Morgan fingerprint density at radius 3 is 2.58 bits per heavy atom. The van der Waals surface area contributed by atoms with E-state index in [9.17, 15) is 14.7 Å². The number of hydrogen-bond donors (Lipinski definition) is 1. The topological polar surface area (TPSA) is 79.7 Å². The maximum absolute atomic E-state index is 13.5. The van der Waals surface area contributed by atoms with Crippen molar-refractivity contribution in [2.75, 3.05) is 11.5 Å². The maximum Gasteiger partial charge on any atom is 0.301 e. The lowest BCUT2D eigenvalue weighted by Gasteiger charge is -2.23. The van der Waals surface area contributed by atoms with Crippen molar-refractivity contribution >= 4 is 44.1 Å². The van der Waals surface area contributed by atoms with E-state index in [0.717, 1.165) is 45.5 Å². The average Bonchev–Trinajstić information content (AvgIpc) is 3.45. The average molecular weight is 527 g/mol. The molecule has 1 saturated heterocycles. The number of benzene rings is 3. The minimum atomic E-state index is -0.808. The van der Waals surface area contributed by atoms with E-state index in [0.29, 0.717) is 17.3 Å². The molecular formula is C31H30N2O4S. The van der Waals surface area contributed by atoms with Crippen LogP contribution >= 0.6 is 11.3 Å². The zero-order valence-electron chi connectivity index (χ0n) is 21.9. The number of carbonyl (C=O) groups is 2. The SMILES string of the molecule is CCCOc1ccc(/C(O)=C2\C(=O)C(=O)N(c3nc4ccc(CC)cc4s3)C2c2cccc(C)c2)cc1C. The number of ketones is 1. The van der Waals surface area contributed by atoms with Crippen LogP contribution in [0.15, 0.2) is 66.2 Å². The van der Waals surface area contributed by atoms with Crippen molar-refractivity contribution in [3.05, 3.63) is 94.1 Å². The van der Waals surface area contributed by atoms with Gasteiger partial charge >= 0.3 is 5.91 Å². The molecule has 4 aromatic rings. The number of hydrogen-bond acceptors (Lipinski definition) is 6. The molecule has 38 heavy (non-hydrogen) atoms. The third-order valence-corrected chi connectivity index (χ3v) is 7.79. The van der Waals surface area contributed by atoms with Gasteiger partial charge in [-0.2, -0.15) is 0 Å². The number of aliphatic hydroxyl groups excluding tert-OH is 1. The molecule has 3 aromatic carbocycles. The molecule has 194 valence electrons. The summed E-state index contributed by atoms with van der Waals surface area (Å²) < 4.78 is 6.72. The van der Waals surface area contributed by atoms with E-state index in [1.54, 1.807) is 18.2 Å². The molecule has 0 spiro atoms. The number of fused-ring (bicyclic) bond motifs is 1. The molecule has 1 aromatic heterocycles. The molecule has 1 aliphatic rings. The molecule has 1 N–H and O–H groups in total. The van der Waals surface area contributed by atoms with E-state index in [1.165, 1.54) is 21.8 Å². The van der Waals surface area contributed by atoms with Crippen molar-refractivity contribution in [3.63, 3.8) is 0 Å². The molecule has 1 fully saturated rings. The third-order valence-electron chi connectivity index (χ3n) is 6.77. The van der Waals surface area contributed by atoms with Crippen LogP contribution < -0.4 is 9.64 Å². The minimum absolute atomic E-state index is 0.0516. The largest absolute Gasteiger partial charge is 0.507 e. The zero-order valence-corrected chi connectivity index (χ0v) is 22.8. The molecule has 7 heteroatoms. The van der Waals surface area contributed by atoms with Crippen molar-refractivity contribution in [2.45, 2.75) is 46.6 Å². The van der Waals surface area contributed by atoms with Crippen molar-refractivity contribution in [3.8, 4) is 5.75 Å². The number of carbonyl (C=O) groups excluding carboxylic acids is 2. The van der Waals surface area contributed by atoms with Crippen LogP contribution in [0, 0.1) is 13.8 Å². The van der Waals surface area contributed by atoms with Crippen LogP contribution in [-0.2, 0) is 16.0 Å². The number of aliphatic hydroxyl groups is 1. The molecule has 0 aliphatic carbocycles. The summed E-state index contributed by atoms with van der Waals surface area (Å²) in [7, 11) is 0. The Labute approximate surface area is 226 Å². The molecule has 1 amide bonds. The van der Waals surface area contributed by atoms with Crippen LogP contribution in [-0.4, -0.2) is 28.4 Å². The Bertz CT molecular complexity index is 1590. The Morgan fingerprint density at radius 2 is 1.87 bits per heavy atom. The molecule has 0 bridgehead atoms. The first-order valence-electron chi connectivity index (χ1n) is 12.8. The quantitative estimate of drug-likeness (QED) is 0.161. The molecule has 6 nitrogen and oxygen atoms in total. The highest BCUT2D eigenvalue weighted by Gasteiger charge is 2.48. The van der Waals surface area contributed by atoms with Gasteiger partial charge in [0.1, 0.15) is 11.5 Å². The first-order chi connectivity index (χ1) is 18.3. The highest BCUT2D eigenvalue weighted by molar-refractivity contribution is 7.22. The number of anilines is 1. The van der Waals surface area contributed by atoms with Gasteiger partial charge in [-0.15, -0.1) is 0 Å². The van der Waals surface area contributed by atoms with Crippen LogP contribution in [0.25, 0.3) is 16.0 Å². The van der Waals surface area contributed by atoms with Crippen LogP contribution in [0.2, 0.25) is 0 Å². The minimum Gasteiger partial charge on any atom is -0.507 e. The summed E-state index contributed by atoms with van der Waals surface area (Å²) >= 11 is 1.38. The molecular weight excluding hydrogens is 496 g/mol. The highest BCUT2D eigenvalue weighted by Crippen LogP contribution is 2.44. The number of ether oxygens (including phenoxy) is 1. The Kier molecular flexibility index (Phi) is 7.04. The Hall–Kier alpha value is -3.97. The summed E-state index contributed by atoms with van der Waals surface area (Å²) in [6, 6.07) is 18.2. The molecule has 1 unspecified atom stereocenters. The number of Topliss-reactive ketones (excluding diaryl/α,β-unsaturated/α-hetero) is 1. The van der Waals surface area contributed by atoms with Gasteiger partial charge in [-0.1, -0.05) is 61.1 Å². The van der Waals surface area contributed by atoms with E-state index in [2.05, 4.69) is 13.0 Å². The number of amides is 1. The molecule has 1 atom stereocenters. The maximum atomic E-state index is 13.5. The summed E-state index contributed by atoms with van der Waals surface area (Å²) in [5.41, 5.74) is 5.01. The number of aromatic nitrogens is 1. The van der Waals surface area contributed by atoms with Gasteiger partial charge in [-0.05, 0) is 73.7 Å². The third kappa shape index (κ3) is 4.58. The second-order valence-corrected chi connectivity index (χ2v) is 10.6. The predicted molar refractivity (Wildman–Crippen MR) is 152 cm³/mol. The summed E-state index contributed by atoms with van der Waals surface area (Å²) in [6.45, 7) is 8.56. The molecule has 2 heterocycles. The van der Waals surface area contributed by atoms with E-state index < -0.39 is 17.7 Å². The van der Waals surface area contributed by atoms with Crippen LogP contribution in [0.4, 0.5) is 5.13 Å². The van der Waals surface area contributed by atoms with Gasteiger partial charge in [-0.25, -0.2) is 4.98 Å². The molecule has 0 radical (unpaired) electrons. The van der Waals surface area contributed by atoms with E-state index in [1.807, 2.05) is 57.2 Å². The van der Waals surface area contributed by atoms with Gasteiger partial charge in [0.25, 0.3) is 5.78 Å². The normalized spacial score (nSPS) is 16.9. The summed E-state index contributed by atoms with van der Waals surface area (Å²) in [5.74, 6) is -0.921. The number of nitrogens with zero attached hydrogens (tertiary/aromatic N) is 2. The van der Waals surface area contributed by atoms with E-state index in [4.69, 9.17) is 9.72 Å². The van der Waals surface area contributed by atoms with Crippen molar-refractivity contribution in [2.24, 2.45) is 0 Å². The van der Waals surface area contributed by atoms with Gasteiger partial charge in [0.15, 0.2) is 5.13 Å². The van der Waals surface area contributed by atoms with Crippen LogP contribution in [0.3, 0.4) is 0 Å². The number of rotatable bonds is 7.